The number of aliphatic carboxylic acids is 1. The molecule has 102 valence electrons. The van der Waals surface area contributed by atoms with Gasteiger partial charge in [0.1, 0.15) is 5.52 Å². The maximum atomic E-state index is 10.6. The lowest BCUT2D eigenvalue weighted by Gasteiger charge is -2.07. The van der Waals surface area contributed by atoms with Crippen molar-refractivity contribution in [2.24, 2.45) is 5.92 Å². The number of nitrogens with one attached hydrogen (secondary N) is 1. The number of aromatic nitrogens is 1. The summed E-state index contributed by atoms with van der Waals surface area (Å²) in [6.07, 6.45) is 2.98. The van der Waals surface area contributed by atoms with Crippen LogP contribution in [0.25, 0.3) is 11.1 Å². The molecular weight excluding hydrogens is 244 g/mol. The second-order valence-corrected chi connectivity index (χ2v) is 4.68. The molecule has 0 aliphatic heterocycles. The van der Waals surface area contributed by atoms with Crippen LogP contribution in [0.2, 0.25) is 0 Å². The van der Waals surface area contributed by atoms with Gasteiger partial charge in [0.05, 0.1) is 5.92 Å². The number of oxazole rings is 1. The zero-order chi connectivity index (χ0) is 13.7. The highest BCUT2D eigenvalue weighted by atomic mass is 16.4. The summed E-state index contributed by atoms with van der Waals surface area (Å²) in [5.41, 5.74) is 2.85. The van der Waals surface area contributed by atoms with Crippen molar-refractivity contribution in [2.75, 3.05) is 13.1 Å². The Morgan fingerprint density at radius 1 is 1.47 bits per heavy atom. The van der Waals surface area contributed by atoms with Crippen LogP contribution in [-0.2, 0) is 11.2 Å². The molecule has 0 aliphatic rings. The largest absolute Gasteiger partial charge is 0.481 e. The molecule has 1 aromatic carbocycles. The molecule has 1 atom stereocenters. The Morgan fingerprint density at radius 3 is 3.11 bits per heavy atom. The lowest BCUT2D eigenvalue weighted by Crippen LogP contribution is -2.22. The molecule has 2 rings (SSSR count). The second-order valence-electron chi connectivity index (χ2n) is 4.68. The Morgan fingerprint density at radius 2 is 2.32 bits per heavy atom. The third kappa shape index (κ3) is 3.79. The molecular formula is C14H18N2O3. The van der Waals surface area contributed by atoms with Gasteiger partial charge in [-0.2, -0.15) is 0 Å². The van der Waals surface area contributed by atoms with Crippen LogP contribution in [0, 0.1) is 5.92 Å². The van der Waals surface area contributed by atoms with Gasteiger partial charge in [0.25, 0.3) is 0 Å². The number of carboxylic acid groups (broad SMARTS) is 1. The van der Waals surface area contributed by atoms with Crippen molar-refractivity contribution in [1.29, 1.82) is 0 Å². The van der Waals surface area contributed by atoms with Gasteiger partial charge in [0, 0.05) is 0 Å². The first kappa shape index (κ1) is 13.5. The van der Waals surface area contributed by atoms with E-state index in [0.717, 1.165) is 30.6 Å². The summed E-state index contributed by atoms with van der Waals surface area (Å²) >= 11 is 0. The van der Waals surface area contributed by atoms with Gasteiger partial charge >= 0.3 is 5.97 Å². The number of nitrogens with zero attached hydrogens (tertiary/aromatic N) is 1. The summed E-state index contributed by atoms with van der Waals surface area (Å²) in [5.74, 6) is -1.03. The summed E-state index contributed by atoms with van der Waals surface area (Å²) in [6, 6.07) is 5.97. The lowest BCUT2D eigenvalue weighted by molar-refractivity contribution is -0.141. The number of benzene rings is 1. The Hall–Kier alpha value is -1.88. The molecule has 2 aromatic rings. The third-order valence-corrected chi connectivity index (χ3v) is 3.16. The van der Waals surface area contributed by atoms with Gasteiger partial charge < -0.3 is 14.8 Å². The molecule has 0 amide bonds. The van der Waals surface area contributed by atoms with Gasteiger partial charge in [-0.1, -0.05) is 13.0 Å². The highest BCUT2D eigenvalue weighted by molar-refractivity contribution is 5.72. The van der Waals surface area contributed by atoms with Crippen molar-refractivity contribution in [1.82, 2.24) is 10.3 Å². The Labute approximate surface area is 111 Å². The van der Waals surface area contributed by atoms with Crippen LogP contribution in [0.1, 0.15) is 18.9 Å². The number of hydrogen-bond donors (Lipinski definition) is 2. The molecule has 0 radical (unpaired) electrons. The summed E-state index contributed by atoms with van der Waals surface area (Å²) < 4.78 is 5.25. The number of fused-ring (bicyclic) bond motifs is 1. The van der Waals surface area contributed by atoms with Gasteiger partial charge in [-0.25, -0.2) is 4.98 Å². The van der Waals surface area contributed by atoms with Crippen molar-refractivity contribution in [3.05, 3.63) is 30.2 Å². The van der Waals surface area contributed by atoms with E-state index in [0.29, 0.717) is 6.42 Å². The predicted molar refractivity (Wildman–Crippen MR) is 72.0 cm³/mol. The van der Waals surface area contributed by atoms with Crippen molar-refractivity contribution >= 4 is 17.1 Å². The molecule has 1 unspecified atom stereocenters. The SMILES string of the molecule is CC(CCNCCc1ccc2ncoc2c1)C(=O)O. The van der Waals surface area contributed by atoms with Crippen LogP contribution in [-0.4, -0.2) is 29.1 Å². The van der Waals surface area contributed by atoms with Gasteiger partial charge in [0.15, 0.2) is 12.0 Å². The van der Waals surface area contributed by atoms with E-state index in [1.807, 2.05) is 18.2 Å². The van der Waals surface area contributed by atoms with Gasteiger partial charge in [-0.15, -0.1) is 0 Å². The van der Waals surface area contributed by atoms with Crippen molar-refractivity contribution < 1.29 is 14.3 Å². The normalized spacial score (nSPS) is 12.7. The van der Waals surface area contributed by atoms with E-state index >= 15 is 0 Å². The first-order valence-electron chi connectivity index (χ1n) is 6.42. The fourth-order valence-electron chi connectivity index (χ4n) is 1.85. The molecule has 19 heavy (non-hydrogen) atoms. The van der Waals surface area contributed by atoms with Crippen LogP contribution >= 0.6 is 0 Å². The molecule has 5 heteroatoms. The standard InChI is InChI=1S/C14H18N2O3/c1-10(14(17)18)4-6-15-7-5-11-2-3-12-13(8-11)19-9-16-12/h2-3,8-10,15H,4-7H2,1H3,(H,17,18). The summed E-state index contributed by atoms with van der Waals surface area (Å²) in [4.78, 5) is 14.7. The molecule has 1 aromatic heterocycles. The number of hydrogen-bond acceptors (Lipinski definition) is 4. The topological polar surface area (TPSA) is 75.4 Å². The van der Waals surface area contributed by atoms with E-state index in [1.54, 1.807) is 6.92 Å². The molecule has 0 saturated carbocycles. The van der Waals surface area contributed by atoms with Crippen LogP contribution in [0.5, 0.6) is 0 Å². The van der Waals surface area contributed by atoms with Crippen LogP contribution in [0.3, 0.4) is 0 Å². The summed E-state index contributed by atoms with van der Waals surface area (Å²) in [6.45, 7) is 3.27. The van der Waals surface area contributed by atoms with Crippen molar-refractivity contribution in [3.63, 3.8) is 0 Å². The predicted octanol–water partition coefficient (Wildman–Crippen LogP) is 2.07. The first-order chi connectivity index (χ1) is 9.16. The Bertz CT molecular complexity index is 550. The number of carbonyl (C=O) groups is 1. The third-order valence-electron chi connectivity index (χ3n) is 3.16. The van der Waals surface area contributed by atoms with Gasteiger partial charge in [-0.05, 0) is 43.6 Å². The quantitative estimate of drug-likeness (QED) is 0.747. The molecule has 0 saturated heterocycles. The second kappa shape index (κ2) is 6.33. The van der Waals surface area contributed by atoms with Crippen LogP contribution in [0.15, 0.2) is 29.0 Å². The van der Waals surface area contributed by atoms with E-state index in [2.05, 4.69) is 10.3 Å². The lowest BCUT2D eigenvalue weighted by atomic mass is 10.1. The monoisotopic (exact) mass is 262 g/mol. The Balaban J connectivity index is 1.72. The summed E-state index contributed by atoms with van der Waals surface area (Å²) in [7, 11) is 0. The average Bonchev–Trinajstić information content (AvgIpc) is 2.85. The van der Waals surface area contributed by atoms with Crippen molar-refractivity contribution in [2.45, 2.75) is 19.8 Å². The maximum absolute atomic E-state index is 10.6. The Kier molecular flexibility index (Phi) is 4.52. The minimum atomic E-state index is -0.738. The number of rotatable bonds is 7. The molecule has 0 spiro atoms. The molecule has 5 nitrogen and oxygen atoms in total. The number of carboxylic acids is 1. The van der Waals surface area contributed by atoms with Gasteiger partial charge in [-0.3, -0.25) is 4.79 Å². The fourth-order valence-corrected chi connectivity index (χ4v) is 1.85. The molecule has 0 fully saturated rings. The zero-order valence-electron chi connectivity index (χ0n) is 10.9. The zero-order valence-corrected chi connectivity index (χ0v) is 10.9. The molecule has 1 heterocycles. The summed E-state index contributed by atoms with van der Waals surface area (Å²) in [5, 5.41) is 12.0. The fraction of sp³-hybridized carbons (Fsp3) is 0.429. The molecule has 2 N–H and O–H groups in total. The highest BCUT2D eigenvalue weighted by Gasteiger charge is 2.09. The molecule has 0 aliphatic carbocycles. The average molecular weight is 262 g/mol. The van der Waals surface area contributed by atoms with Crippen LogP contribution in [0.4, 0.5) is 0 Å². The van der Waals surface area contributed by atoms with E-state index in [-0.39, 0.29) is 5.92 Å². The molecule has 0 bridgehead atoms. The first-order valence-corrected chi connectivity index (χ1v) is 6.42. The van der Waals surface area contributed by atoms with E-state index in [4.69, 9.17) is 9.52 Å². The minimum absolute atomic E-state index is 0.293. The van der Waals surface area contributed by atoms with Gasteiger partial charge in [0.2, 0.25) is 0 Å². The smallest absolute Gasteiger partial charge is 0.306 e. The highest BCUT2D eigenvalue weighted by Crippen LogP contribution is 2.14. The minimum Gasteiger partial charge on any atom is -0.481 e. The van der Waals surface area contributed by atoms with E-state index in [1.165, 1.54) is 12.0 Å². The van der Waals surface area contributed by atoms with E-state index in [9.17, 15) is 4.79 Å². The van der Waals surface area contributed by atoms with Crippen molar-refractivity contribution in [3.8, 4) is 0 Å². The maximum Gasteiger partial charge on any atom is 0.306 e. The van der Waals surface area contributed by atoms with Crippen LogP contribution < -0.4 is 5.32 Å². The van der Waals surface area contributed by atoms with E-state index < -0.39 is 5.97 Å².